The number of nitrogens with one attached hydrogen (secondary N) is 1. The summed E-state index contributed by atoms with van der Waals surface area (Å²) in [5.74, 6) is 0.589. The summed E-state index contributed by atoms with van der Waals surface area (Å²) in [7, 11) is 3.26. The smallest absolute Gasteiger partial charge is 0.351 e. The van der Waals surface area contributed by atoms with Crippen molar-refractivity contribution in [1.29, 1.82) is 0 Å². The second-order valence-corrected chi connectivity index (χ2v) is 16.0. The van der Waals surface area contributed by atoms with E-state index in [-0.39, 0.29) is 31.0 Å². The Morgan fingerprint density at radius 2 is 1.27 bits per heavy atom. The predicted molar refractivity (Wildman–Crippen MR) is 239 cm³/mol. The number of hydrogen-bond donors (Lipinski definition) is 1. The third-order valence-electron chi connectivity index (χ3n) is 12.0. The Bertz CT molecular complexity index is 2450. The van der Waals surface area contributed by atoms with Crippen molar-refractivity contribution in [3.05, 3.63) is 190 Å². The van der Waals surface area contributed by atoms with Crippen LogP contribution in [0.5, 0.6) is 11.5 Å². The Morgan fingerprint density at radius 3 is 1.84 bits per heavy atom. The Labute approximate surface area is 367 Å². The Balaban J connectivity index is 1.22. The van der Waals surface area contributed by atoms with Gasteiger partial charge in [0, 0.05) is 30.9 Å². The van der Waals surface area contributed by atoms with E-state index in [0.29, 0.717) is 35.7 Å². The number of carbonyl (C=O) groups is 2. The van der Waals surface area contributed by atoms with E-state index in [1.807, 2.05) is 91.0 Å². The normalized spacial score (nSPS) is 18.3. The quantitative estimate of drug-likeness (QED) is 0.0796. The van der Waals surface area contributed by atoms with E-state index in [2.05, 4.69) is 15.2 Å². The lowest BCUT2D eigenvalue weighted by Crippen LogP contribution is -2.62. The van der Waals surface area contributed by atoms with Crippen molar-refractivity contribution in [3.8, 4) is 11.5 Å². The van der Waals surface area contributed by atoms with E-state index < -0.39 is 29.1 Å². The van der Waals surface area contributed by atoms with Gasteiger partial charge in [-0.25, -0.2) is 9.59 Å². The molecule has 1 N–H and O–H groups in total. The molecular weight excluding hydrogens is 797 g/mol. The van der Waals surface area contributed by atoms with Crippen LogP contribution in [0.1, 0.15) is 75.7 Å². The van der Waals surface area contributed by atoms with Gasteiger partial charge < -0.3 is 29.0 Å². The molecule has 0 unspecified atom stereocenters. The second kappa shape index (κ2) is 19.6. The number of hydrogen-bond acceptors (Lipinski definition) is 10. The molecule has 2 atom stereocenters. The van der Waals surface area contributed by atoms with Gasteiger partial charge >= 0.3 is 11.7 Å². The SMILES string of the molecule is COc1ccc(C(OC[C@@]2(COC(=O)c3ccccc3)CN(C3CCCCC3)C[C@H](n3ccc(NC(=O)c4ccccc4)nc3=O)O2)(c2ccccc2)c2ccc(OC)cc2)cc1. The fourth-order valence-electron chi connectivity index (χ4n) is 8.72. The van der Waals surface area contributed by atoms with Crippen molar-refractivity contribution in [2.75, 3.05) is 45.8 Å². The number of nitrogens with zero attached hydrogens (tertiary/aromatic N) is 3. The molecule has 12 heteroatoms. The third-order valence-corrected chi connectivity index (χ3v) is 12.0. The van der Waals surface area contributed by atoms with Gasteiger partial charge in [0.15, 0.2) is 6.23 Å². The number of carbonyl (C=O) groups excluding carboxylic acids is 2. The van der Waals surface area contributed by atoms with Crippen LogP contribution < -0.4 is 20.5 Å². The molecule has 2 aliphatic rings. The van der Waals surface area contributed by atoms with Gasteiger partial charge in [-0.3, -0.25) is 14.3 Å². The number of morpholine rings is 1. The van der Waals surface area contributed by atoms with E-state index in [0.717, 1.165) is 48.8 Å². The first-order valence-electron chi connectivity index (χ1n) is 21.4. The molecule has 0 radical (unpaired) electrons. The number of amides is 1. The Morgan fingerprint density at radius 1 is 0.714 bits per heavy atom. The molecule has 0 bridgehead atoms. The monoisotopic (exact) mass is 848 g/mol. The van der Waals surface area contributed by atoms with Gasteiger partial charge in [-0.2, -0.15) is 4.98 Å². The maximum absolute atomic E-state index is 14.0. The summed E-state index contributed by atoms with van der Waals surface area (Å²) in [4.78, 5) is 47.5. The number of ether oxygens (including phenoxy) is 5. The molecule has 0 spiro atoms. The fraction of sp³-hybridized carbons (Fsp3) is 0.294. The maximum atomic E-state index is 14.0. The highest BCUT2D eigenvalue weighted by Crippen LogP contribution is 2.44. The minimum atomic E-state index is -1.32. The van der Waals surface area contributed by atoms with Crippen LogP contribution in [-0.4, -0.2) is 78.5 Å². The van der Waals surface area contributed by atoms with Crippen LogP contribution in [0.2, 0.25) is 0 Å². The van der Waals surface area contributed by atoms with Gasteiger partial charge in [0.05, 0.1) is 26.4 Å². The van der Waals surface area contributed by atoms with Crippen LogP contribution in [0, 0.1) is 0 Å². The molecule has 6 aromatic rings. The second-order valence-electron chi connectivity index (χ2n) is 16.0. The van der Waals surface area contributed by atoms with Crippen LogP contribution in [0.25, 0.3) is 0 Å². The molecular formula is C51H52N4O8. The predicted octanol–water partition coefficient (Wildman–Crippen LogP) is 8.28. The maximum Gasteiger partial charge on any atom is 0.351 e. The molecule has 1 aromatic heterocycles. The average Bonchev–Trinajstić information content (AvgIpc) is 3.35. The van der Waals surface area contributed by atoms with Gasteiger partial charge in [-0.05, 0) is 84.1 Å². The van der Waals surface area contributed by atoms with Crippen molar-refractivity contribution < 1.29 is 33.3 Å². The van der Waals surface area contributed by atoms with Crippen LogP contribution in [0.4, 0.5) is 5.82 Å². The number of esters is 1. The molecule has 12 nitrogen and oxygen atoms in total. The number of methoxy groups -OCH3 is 2. The highest BCUT2D eigenvalue weighted by molar-refractivity contribution is 6.03. The van der Waals surface area contributed by atoms with Crippen LogP contribution in [0.15, 0.2) is 157 Å². The highest BCUT2D eigenvalue weighted by atomic mass is 16.6. The first-order valence-corrected chi connectivity index (χ1v) is 21.4. The van der Waals surface area contributed by atoms with E-state index in [1.54, 1.807) is 75.0 Å². The minimum Gasteiger partial charge on any atom is -0.497 e. The summed E-state index contributed by atoms with van der Waals surface area (Å²) < 4.78 is 33.5. The fourth-order valence-corrected chi connectivity index (χ4v) is 8.72. The molecule has 324 valence electrons. The molecule has 63 heavy (non-hydrogen) atoms. The Hall–Kier alpha value is -6.60. The number of benzene rings is 5. The molecule has 2 heterocycles. The summed E-state index contributed by atoms with van der Waals surface area (Å²) in [5.41, 5.74) is 0.177. The summed E-state index contributed by atoms with van der Waals surface area (Å²) >= 11 is 0. The summed E-state index contributed by atoms with van der Waals surface area (Å²) in [5, 5.41) is 2.74. The molecule has 8 rings (SSSR count). The third kappa shape index (κ3) is 9.73. The lowest BCUT2D eigenvalue weighted by molar-refractivity contribution is -0.236. The molecule has 1 saturated heterocycles. The molecule has 2 fully saturated rings. The molecule has 1 saturated carbocycles. The lowest BCUT2D eigenvalue weighted by atomic mass is 9.79. The highest BCUT2D eigenvalue weighted by Gasteiger charge is 2.48. The average molecular weight is 849 g/mol. The van der Waals surface area contributed by atoms with Crippen LogP contribution in [0.3, 0.4) is 0 Å². The van der Waals surface area contributed by atoms with Crippen molar-refractivity contribution in [3.63, 3.8) is 0 Å². The molecule has 5 aromatic carbocycles. The number of rotatable bonds is 15. The zero-order valence-electron chi connectivity index (χ0n) is 35.6. The van der Waals surface area contributed by atoms with E-state index in [9.17, 15) is 14.4 Å². The number of anilines is 1. The summed E-state index contributed by atoms with van der Waals surface area (Å²) in [6.45, 7) is 0.454. The van der Waals surface area contributed by atoms with Gasteiger partial charge in [-0.15, -0.1) is 0 Å². The standard InChI is InChI=1S/C51H52N4O8/c1-59-43-27-23-40(24-28-43)51(39-19-11-5-12-20-39,41-25-29-44(60-2)30-26-41)62-36-50(35-61-48(57)38-17-9-4-10-18-38)34-54(42-21-13-6-14-22-42)33-46(63-50)55-32-31-45(53-49(55)58)52-47(56)37-15-7-3-8-16-37/h3-5,7-12,15-20,23-32,42,46H,6,13-14,21-22,33-36H2,1-2H3,(H,52,53,56,58)/t46-,50+/m1/s1. The minimum absolute atomic E-state index is 0.0743. The first kappa shape index (κ1) is 43.1. The van der Waals surface area contributed by atoms with E-state index in [4.69, 9.17) is 23.7 Å². The van der Waals surface area contributed by atoms with Gasteiger partial charge in [0.1, 0.15) is 35.1 Å². The van der Waals surface area contributed by atoms with E-state index >= 15 is 0 Å². The number of aromatic nitrogens is 2. The van der Waals surface area contributed by atoms with Gasteiger partial charge in [-0.1, -0.05) is 110 Å². The molecule has 1 amide bonds. The summed E-state index contributed by atoms with van der Waals surface area (Å²) in [6, 6.07) is 44.9. The van der Waals surface area contributed by atoms with Crippen LogP contribution in [-0.2, 0) is 19.8 Å². The largest absolute Gasteiger partial charge is 0.497 e. The molecule has 1 aliphatic heterocycles. The lowest BCUT2D eigenvalue weighted by Gasteiger charge is -2.50. The van der Waals surface area contributed by atoms with Gasteiger partial charge in [0.2, 0.25) is 0 Å². The topological polar surface area (TPSA) is 130 Å². The van der Waals surface area contributed by atoms with E-state index in [1.165, 1.54) is 4.57 Å². The van der Waals surface area contributed by atoms with Crippen molar-refractivity contribution in [1.82, 2.24) is 14.5 Å². The Kier molecular flexibility index (Phi) is 13.4. The molecule has 1 aliphatic carbocycles. The zero-order chi connectivity index (χ0) is 43.7. The van der Waals surface area contributed by atoms with Crippen molar-refractivity contribution in [2.24, 2.45) is 0 Å². The van der Waals surface area contributed by atoms with Crippen molar-refractivity contribution in [2.45, 2.75) is 55.6 Å². The summed E-state index contributed by atoms with van der Waals surface area (Å²) in [6.07, 6.45) is 5.95. The van der Waals surface area contributed by atoms with Crippen LogP contribution >= 0.6 is 0 Å². The first-order chi connectivity index (χ1) is 30.8. The van der Waals surface area contributed by atoms with Crippen molar-refractivity contribution >= 4 is 17.7 Å². The van der Waals surface area contributed by atoms with Gasteiger partial charge in [0.25, 0.3) is 5.91 Å². The zero-order valence-corrected chi connectivity index (χ0v) is 35.6.